The van der Waals surface area contributed by atoms with Gasteiger partial charge in [-0.3, -0.25) is 4.90 Å². The largest absolute Gasteiger partial charge is 0.379 e. The van der Waals surface area contributed by atoms with E-state index in [-0.39, 0.29) is 6.04 Å². The SMILES string of the molecule is CS(=O)(=O)NC1COCC(N2CCOCC2)C1. The Morgan fingerprint density at radius 3 is 2.53 bits per heavy atom. The van der Waals surface area contributed by atoms with E-state index in [1.54, 1.807) is 0 Å². The molecule has 0 aliphatic carbocycles. The number of hydrogen-bond donors (Lipinski definition) is 1. The van der Waals surface area contributed by atoms with Crippen LogP contribution in [0.3, 0.4) is 0 Å². The van der Waals surface area contributed by atoms with Gasteiger partial charge in [0.25, 0.3) is 0 Å². The van der Waals surface area contributed by atoms with Crippen molar-refractivity contribution in [3.05, 3.63) is 0 Å². The molecule has 17 heavy (non-hydrogen) atoms. The van der Waals surface area contributed by atoms with E-state index < -0.39 is 10.0 Å². The molecule has 2 aliphatic rings. The van der Waals surface area contributed by atoms with Gasteiger partial charge < -0.3 is 9.47 Å². The van der Waals surface area contributed by atoms with Crippen molar-refractivity contribution in [2.75, 3.05) is 45.8 Å². The van der Waals surface area contributed by atoms with E-state index in [2.05, 4.69) is 9.62 Å². The summed E-state index contributed by atoms with van der Waals surface area (Å²) in [6, 6.07) is 0.193. The molecule has 2 heterocycles. The minimum Gasteiger partial charge on any atom is -0.379 e. The van der Waals surface area contributed by atoms with E-state index in [4.69, 9.17) is 9.47 Å². The Morgan fingerprint density at radius 1 is 1.18 bits per heavy atom. The van der Waals surface area contributed by atoms with Crippen molar-refractivity contribution in [2.24, 2.45) is 0 Å². The first-order valence-electron chi connectivity index (χ1n) is 5.91. The van der Waals surface area contributed by atoms with Gasteiger partial charge in [-0.15, -0.1) is 0 Å². The quantitative estimate of drug-likeness (QED) is 0.710. The molecule has 0 bridgehead atoms. The Morgan fingerprint density at radius 2 is 1.88 bits per heavy atom. The minimum absolute atomic E-state index is 0.105. The van der Waals surface area contributed by atoms with Crippen LogP contribution in [0.15, 0.2) is 0 Å². The zero-order valence-corrected chi connectivity index (χ0v) is 10.9. The molecule has 2 atom stereocenters. The lowest BCUT2D eigenvalue weighted by molar-refractivity contribution is -0.0388. The third-order valence-corrected chi connectivity index (χ3v) is 3.89. The van der Waals surface area contributed by atoms with Crippen LogP contribution in [0.2, 0.25) is 0 Å². The number of sulfonamides is 1. The molecule has 0 amide bonds. The van der Waals surface area contributed by atoms with Crippen LogP contribution in [0.5, 0.6) is 0 Å². The molecule has 2 saturated heterocycles. The van der Waals surface area contributed by atoms with E-state index in [0.29, 0.717) is 19.3 Å². The summed E-state index contributed by atoms with van der Waals surface area (Å²) < 4.78 is 35.8. The highest BCUT2D eigenvalue weighted by Gasteiger charge is 2.29. The van der Waals surface area contributed by atoms with Crippen molar-refractivity contribution in [1.82, 2.24) is 9.62 Å². The Hall–Kier alpha value is -0.210. The van der Waals surface area contributed by atoms with Gasteiger partial charge in [0.2, 0.25) is 10.0 Å². The number of hydrogen-bond acceptors (Lipinski definition) is 5. The van der Waals surface area contributed by atoms with Crippen LogP contribution in [-0.2, 0) is 19.5 Å². The fourth-order valence-corrected chi connectivity index (χ4v) is 3.16. The molecule has 0 saturated carbocycles. The van der Waals surface area contributed by atoms with Crippen LogP contribution in [0.4, 0.5) is 0 Å². The number of morpholine rings is 1. The van der Waals surface area contributed by atoms with Gasteiger partial charge in [0, 0.05) is 25.2 Å². The predicted octanol–water partition coefficient (Wildman–Crippen LogP) is -0.975. The van der Waals surface area contributed by atoms with Crippen molar-refractivity contribution in [3.63, 3.8) is 0 Å². The average molecular weight is 264 g/mol. The first kappa shape index (κ1) is 13.2. The van der Waals surface area contributed by atoms with Crippen LogP contribution >= 0.6 is 0 Å². The zero-order chi connectivity index (χ0) is 12.3. The van der Waals surface area contributed by atoms with Gasteiger partial charge in [0.1, 0.15) is 0 Å². The first-order valence-corrected chi connectivity index (χ1v) is 7.80. The normalized spacial score (nSPS) is 32.5. The molecule has 2 aliphatic heterocycles. The molecule has 2 rings (SSSR count). The third kappa shape index (κ3) is 4.18. The topological polar surface area (TPSA) is 67.9 Å². The van der Waals surface area contributed by atoms with Crippen LogP contribution in [0.25, 0.3) is 0 Å². The van der Waals surface area contributed by atoms with E-state index in [9.17, 15) is 8.42 Å². The average Bonchev–Trinajstić information content (AvgIpc) is 2.28. The van der Waals surface area contributed by atoms with E-state index >= 15 is 0 Å². The molecule has 7 heteroatoms. The molecule has 1 N–H and O–H groups in total. The number of ether oxygens (including phenoxy) is 2. The Bertz CT molecular complexity index is 340. The van der Waals surface area contributed by atoms with Crippen LogP contribution in [-0.4, -0.2) is 71.2 Å². The summed E-state index contributed by atoms with van der Waals surface area (Å²) in [5.74, 6) is 0. The molecule has 2 fully saturated rings. The van der Waals surface area contributed by atoms with Crippen molar-refractivity contribution < 1.29 is 17.9 Å². The molecule has 100 valence electrons. The Kier molecular flexibility index (Phi) is 4.37. The van der Waals surface area contributed by atoms with Gasteiger partial charge in [0.15, 0.2) is 0 Å². The molecule has 0 spiro atoms. The van der Waals surface area contributed by atoms with Crippen LogP contribution < -0.4 is 4.72 Å². The monoisotopic (exact) mass is 264 g/mol. The minimum atomic E-state index is -3.15. The standard InChI is InChI=1S/C10H20N2O4S/c1-17(13,14)11-9-6-10(8-16-7-9)12-2-4-15-5-3-12/h9-11H,2-8H2,1H3. The molecule has 0 radical (unpaired) electrons. The maximum Gasteiger partial charge on any atom is 0.209 e. The predicted molar refractivity (Wildman–Crippen MR) is 63.4 cm³/mol. The lowest BCUT2D eigenvalue weighted by Gasteiger charge is -2.39. The van der Waals surface area contributed by atoms with Gasteiger partial charge in [-0.2, -0.15) is 0 Å². The zero-order valence-electron chi connectivity index (χ0n) is 10.1. The van der Waals surface area contributed by atoms with Gasteiger partial charge in [0.05, 0.1) is 32.7 Å². The fraction of sp³-hybridized carbons (Fsp3) is 1.00. The van der Waals surface area contributed by atoms with E-state index in [1.165, 1.54) is 6.26 Å². The molecule has 6 nitrogen and oxygen atoms in total. The summed E-state index contributed by atoms with van der Waals surface area (Å²) in [6.45, 7) is 4.45. The maximum absolute atomic E-state index is 11.2. The van der Waals surface area contributed by atoms with Crippen LogP contribution in [0, 0.1) is 0 Å². The van der Waals surface area contributed by atoms with Crippen LogP contribution in [0.1, 0.15) is 6.42 Å². The summed E-state index contributed by atoms with van der Waals surface area (Å²) in [5, 5.41) is 0. The molecule has 0 aromatic carbocycles. The summed E-state index contributed by atoms with van der Waals surface area (Å²) in [7, 11) is -3.15. The van der Waals surface area contributed by atoms with E-state index in [1.807, 2.05) is 0 Å². The third-order valence-electron chi connectivity index (χ3n) is 3.13. The number of nitrogens with zero attached hydrogens (tertiary/aromatic N) is 1. The van der Waals surface area contributed by atoms with Crippen molar-refractivity contribution >= 4 is 10.0 Å². The summed E-state index contributed by atoms with van der Waals surface area (Å²) in [5.41, 5.74) is 0. The lowest BCUT2D eigenvalue weighted by Crippen LogP contribution is -2.53. The molecule has 0 aromatic rings. The van der Waals surface area contributed by atoms with Gasteiger partial charge in [-0.1, -0.05) is 0 Å². The molecular formula is C10H20N2O4S. The summed E-state index contributed by atoms with van der Waals surface area (Å²) in [6.07, 6.45) is 2.00. The summed E-state index contributed by atoms with van der Waals surface area (Å²) >= 11 is 0. The first-order chi connectivity index (χ1) is 8.04. The Balaban J connectivity index is 1.87. The second-order valence-corrected chi connectivity index (χ2v) is 6.44. The lowest BCUT2D eigenvalue weighted by atomic mass is 10.0. The van der Waals surface area contributed by atoms with Gasteiger partial charge in [-0.05, 0) is 6.42 Å². The second-order valence-electron chi connectivity index (χ2n) is 4.66. The second kappa shape index (κ2) is 5.62. The molecular weight excluding hydrogens is 244 g/mol. The fourth-order valence-electron chi connectivity index (χ4n) is 2.39. The number of rotatable bonds is 3. The van der Waals surface area contributed by atoms with Crippen molar-refractivity contribution in [1.29, 1.82) is 0 Å². The van der Waals surface area contributed by atoms with Crippen molar-refractivity contribution in [3.8, 4) is 0 Å². The highest BCUT2D eigenvalue weighted by atomic mass is 32.2. The summed E-state index contributed by atoms with van der Waals surface area (Å²) in [4.78, 5) is 2.32. The highest BCUT2D eigenvalue weighted by molar-refractivity contribution is 7.88. The maximum atomic E-state index is 11.2. The van der Waals surface area contributed by atoms with E-state index in [0.717, 1.165) is 32.7 Å². The molecule has 2 unspecified atom stereocenters. The van der Waals surface area contributed by atoms with Gasteiger partial charge in [-0.25, -0.2) is 13.1 Å². The van der Waals surface area contributed by atoms with Gasteiger partial charge >= 0.3 is 0 Å². The van der Waals surface area contributed by atoms with Crippen molar-refractivity contribution in [2.45, 2.75) is 18.5 Å². The highest BCUT2D eigenvalue weighted by Crippen LogP contribution is 2.15. The Labute approximate surface area is 102 Å². The molecule has 0 aromatic heterocycles. The smallest absolute Gasteiger partial charge is 0.209 e. The number of nitrogens with one attached hydrogen (secondary N) is 1.